The van der Waals surface area contributed by atoms with Crippen molar-refractivity contribution in [2.24, 2.45) is 0 Å². The number of amides is 2. The van der Waals surface area contributed by atoms with Crippen LogP contribution in [0.25, 0.3) is 0 Å². The van der Waals surface area contributed by atoms with Gasteiger partial charge >= 0.3 is 5.97 Å². The smallest absolute Gasteiger partial charge is 0.344 e. The van der Waals surface area contributed by atoms with Gasteiger partial charge < -0.3 is 9.47 Å². The van der Waals surface area contributed by atoms with Gasteiger partial charge in [0, 0.05) is 10.6 Å². The molecule has 7 heteroatoms. The molecule has 2 rings (SSSR count). The summed E-state index contributed by atoms with van der Waals surface area (Å²) in [6, 6.07) is 14.7. The number of halogens is 1. The van der Waals surface area contributed by atoms with Crippen LogP contribution in [0.2, 0.25) is 5.02 Å². The van der Waals surface area contributed by atoms with E-state index in [1.165, 1.54) is 0 Å². The minimum absolute atomic E-state index is 0.336. The topological polar surface area (TPSA) is 81.7 Å². The van der Waals surface area contributed by atoms with Crippen LogP contribution in [0.1, 0.15) is 10.4 Å². The Morgan fingerprint density at radius 1 is 0.917 bits per heavy atom. The third kappa shape index (κ3) is 5.73. The fourth-order valence-corrected chi connectivity index (χ4v) is 1.81. The lowest BCUT2D eigenvalue weighted by molar-refractivity contribution is -0.150. The van der Waals surface area contributed by atoms with E-state index in [2.05, 4.69) is 5.32 Å². The lowest BCUT2D eigenvalue weighted by atomic mass is 10.2. The van der Waals surface area contributed by atoms with Gasteiger partial charge in [-0.2, -0.15) is 0 Å². The minimum Gasteiger partial charge on any atom is -0.482 e. The number of carbonyl (C=O) groups is 3. The fourth-order valence-electron chi connectivity index (χ4n) is 1.69. The number of hydrogen-bond acceptors (Lipinski definition) is 5. The number of benzene rings is 2. The summed E-state index contributed by atoms with van der Waals surface area (Å²) in [7, 11) is 0. The van der Waals surface area contributed by atoms with E-state index < -0.39 is 24.4 Å². The molecule has 6 nitrogen and oxygen atoms in total. The monoisotopic (exact) mass is 347 g/mol. The number of rotatable bonds is 6. The van der Waals surface area contributed by atoms with Gasteiger partial charge in [0.1, 0.15) is 5.75 Å². The Bertz CT molecular complexity index is 716. The van der Waals surface area contributed by atoms with Crippen LogP contribution in [-0.4, -0.2) is 31.0 Å². The Kier molecular flexibility index (Phi) is 6.33. The largest absolute Gasteiger partial charge is 0.482 e. The zero-order valence-corrected chi connectivity index (χ0v) is 13.3. The number of nitrogens with one attached hydrogen (secondary N) is 1. The highest BCUT2D eigenvalue weighted by atomic mass is 35.5. The summed E-state index contributed by atoms with van der Waals surface area (Å²) in [5, 5.41) is 2.67. The first-order valence-electron chi connectivity index (χ1n) is 6.98. The molecule has 0 radical (unpaired) electrons. The first-order chi connectivity index (χ1) is 11.5. The maximum atomic E-state index is 11.7. The van der Waals surface area contributed by atoms with Crippen molar-refractivity contribution in [3.8, 4) is 5.75 Å². The molecule has 0 heterocycles. The number of esters is 1. The summed E-state index contributed by atoms with van der Waals surface area (Å²) in [6.45, 7) is -0.928. The van der Waals surface area contributed by atoms with E-state index >= 15 is 0 Å². The molecular formula is C17H14ClNO5. The average Bonchev–Trinajstić information content (AvgIpc) is 2.60. The van der Waals surface area contributed by atoms with Crippen molar-refractivity contribution >= 4 is 29.4 Å². The van der Waals surface area contributed by atoms with Crippen molar-refractivity contribution in [3.63, 3.8) is 0 Å². The second-order valence-electron chi connectivity index (χ2n) is 4.65. The van der Waals surface area contributed by atoms with Crippen LogP contribution < -0.4 is 10.1 Å². The molecule has 0 aliphatic heterocycles. The second kappa shape index (κ2) is 8.69. The van der Waals surface area contributed by atoms with Gasteiger partial charge in [-0.1, -0.05) is 29.8 Å². The van der Waals surface area contributed by atoms with Crippen LogP contribution >= 0.6 is 11.6 Å². The number of carbonyl (C=O) groups excluding carboxylic acids is 3. The number of hydrogen-bond donors (Lipinski definition) is 1. The van der Waals surface area contributed by atoms with Gasteiger partial charge in [-0.15, -0.1) is 0 Å². The van der Waals surface area contributed by atoms with Crippen molar-refractivity contribution < 1.29 is 23.9 Å². The predicted octanol–water partition coefficient (Wildman–Crippen LogP) is 2.22. The Labute approximate surface area is 143 Å². The summed E-state index contributed by atoms with van der Waals surface area (Å²) >= 11 is 5.73. The molecule has 0 aromatic heterocycles. The van der Waals surface area contributed by atoms with Crippen molar-refractivity contribution in [3.05, 3.63) is 65.2 Å². The molecule has 0 spiro atoms. The molecule has 0 aliphatic carbocycles. The van der Waals surface area contributed by atoms with E-state index in [4.69, 9.17) is 21.1 Å². The molecule has 0 unspecified atom stereocenters. The molecule has 2 aromatic carbocycles. The summed E-state index contributed by atoms with van der Waals surface area (Å²) in [4.78, 5) is 34.8. The van der Waals surface area contributed by atoms with Crippen molar-refractivity contribution in [1.82, 2.24) is 5.32 Å². The Morgan fingerprint density at radius 2 is 1.58 bits per heavy atom. The van der Waals surface area contributed by atoms with Gasteiger partial charge in [0.15, 0.2) is 13.2 Å². The molecule has 0 atom stereocenters. The first-order valence-corrected chi connectivity index (χ1v) is 7.35. The zero-order valence-electron chi connectivity index (χ0n) is 12.5. The molecule has 1 N–H and O–H groups in total. The van der Waals surface area contributed by atoms with E-state index in [1.54, 1.807) is 54.6 Å². The molecule has 0 saturated carbocycles. The van der Waals surface area contributed by atoms with Crippen LogP contribution in [0.15, 0.2) is 54.6 Å². The Hall–Kier alpha value is -2.86. The summed E-state index contributed by atoms with van der Waals surface area (Å²) in [6.07, 6.45) is 0. The second-order valence-corrected chi connectivity index (χ2v) is 5.08. The fraction of sp³-hybridized carbons (Fsp3) is 0.118. The van der Waals surface area contributed by atoms with Gasteiger partial charge in [-0.3, -0.25) is 14.9 Å². The molecule has 0 fully saturated rings. The summed E-state index contributed by atoms with van der Waals surface area (Å²) in [5.41, 5.74) is 0.336. The maximum absolute atomic E-state index is 11.7. The Balaban J connectivity index is 1.70. The lowest BCUT2D eigenvalue weighted by Gasteiger charge is -2.07. The van der Waals surface area contributed by atoms with Crippen molar-refractivity contribution in [2.75, 3.05) is 13.2 Å². The van der Waals surface area contributed by atoms with E-state index in [0.717, 1.165) is 0 Å². The summed E-state index contributed by atoms with van der Waals surface area (Å²) in [5.74, 6) is -1.56. The molecule has 2 amide bonds. The van der Waals surface area contributed by atoms with Crippen LogP contribution in [0, 0.1) is 0 Å². The SMILES string of the molecule is O=C(COC(=O)COc1ccc(Cl)cc1)NC(=O)c1ccccc1. The van der Waals surface area contributed by atoms with Gasteiger partial charge in [0.05, 0.1) is 0 Å². The third-order valence-corrected chi connectivity index (χ3v) is 3.08. The third-order valence-electron chi connectivity index (χ3n) is 2.82. The minimum atomic E-state index is -0.729. The van der Waals surface area contributed by atoms with Gasteiger partial charge in [-0.25, -0.2) is 4.79 Å². The van der Waals surface area contributed by atoms with E-state index in [-0.39, 0.29) is 6.61 Å². The standard InChI is InChI=1S/C17H14ClNO5/c18-13-6-8-14(9-7-13)23-11-16(21)24-10-15(20)19-17(22)12-4-2-1-3-5-12/h1-9H,10-11H2,(H,19,20,22). The van der Waals surface area contributed by atoms with Gasteiger partial charge in [0.25, 0.3) is 11.8 Å². The highest BCUT2D eigenvalue weighted by Crippen LogP contribution is 2.15. The maximum Gasteiger partial charge on any atom is 0.344 e. The van der Waals surface area contributed by atoms with Crippen LogP contribution in [-0.2, 0) is 14.3 Å². The quantitative estimate of drug-likeness (QED) is 0.810. The van der Waals surface area contributed by atoms with Crippen molar-refractivity contribution in [1.29, 1.82) is 0 Å². The molecule has 0 aliphatic rings. The van der Waals surface area contributed by atoms with Crippen LogP contribution in [0.4, 0.5) is 0 Å². The normalized spacial score (nSPS) is 9.88. The molecular weight excluding hydrogens is 334 g/mol. The molecule has 2 aromatic rings. The lowest BCUT2D eigenvalue weighted by Crippen LogP contribution is -2.34. The van der Waals surface area contributed by atoms with Gasteiger partial charge in [-0.05, 0) is 36.4 Å². The number of ether oxygens (including phenoxy) is 2. The molecule has 0 bridgehead atoms. The van der Waals surface area contributed by atoms with Crippen molar-refractivity contribution in [2.45, 2.75) is 0 Å². The highest BCUT2D eigenvalue weighted by Gasteiger charge is 2.12. The first kappa shape index (κ1) is 17.5. The molecule has 124 valence electrons. The molecule has 0 saturated heterocycles. The van der Waals surface area contributed by atoms with E-state index in [9.17, 15) is 14.4 Å². The Morgan fingerprint density at radius 3 is 2.25 bits per heavy atom. The van der Waals surface area contributed by atoms with Crippen LogP contribution in [0.3, 0.4) is 0 Å². The van der Waals surface area contributed by atoms with Gasteiger partial charge in [0.2, 0.25) is 0 Å². The summed E-state index contributed by atoms with van der Waals surface area (Å²) < 4.78 is 9.91. The zero-order chi connectivity index (χ0) is 17.4. The number of imide groups is 1. The van der Waals surface area contributed by atoms with E-state index in [1.807, 2.05) is 0 Å². The highest BCUT2D eigenvalue weighted by molar-refractivity contribution is 6.30. The van der Waals surface area contributed by atoms with E-state index in [0.29, 0.717) is 16.3 Å². The van der Waals surface area contributed by atoms with Crippen LogP contribution in [0.5, 0.6) is 5.75 Å². The predicted molar refractivity (Wildman–Crippen MR) is 86.8 cm³/mol. The average molecular weight is 348 g/mol. The molecule has 24 heavy (non-hydrogen) atoms.